The summed E-state index contributed by atoms with van der Waals surface area (Å²) in [6.45, 7) is 1.79. The quantitative estimate of drug-likeness (QED) is 0.106. The van der Waals surface area contributed by atoms with E-state index < -0.39 is 42.1 Å². The number of imide groups is 1. The summed E-state index contributed by atoms with van der Waals surface area (Å²) in [5.74, 6) is -3.89. The lowest BCUT2D eigenvalue weighted by atomic mass is 10.0. The van der Waals surface area contributed by atoms with Gasteiger partial charge in [0, 0.05) is 17.4 Å². The van der Waals surface area contributed by atoms with Crippen molar-refractivity contribution in [3.05, 3.63) is 0 Å². The average Bonchev–Trinajstić information content (AvgIpc) is 3.34. The second-order valence-corrected chi connectivity index (χ2v) is 9.55. The smallest absolute Gasteiger partial charge is 0.329 e. The number of amides is 5. The van der Waals surface area contributed by atoms with Crippen molar-refractivity contribution in [2.24, 2.45) is 0 Å². The Kier molecular flexibility index (Phi) is 7.75. The van der Waals surface area contributed by atoms with E-state index in [-0.39, 0.29) is 42.1 Å². The fourth-order valence-electron chi connectivity index (χ4n) is 4.46. The van der Waals surface area contributed by atoms with Crippen LogP contribution in [0.25, 0.3) is 0 Å². The first-order valence-corrected chi connectivity index (χ1v) is 11.9. The van der Waals surface area contributed by atoms with Crippen LogP contribution in [0.2, 0.25) is 0 Å². The number of unbranched alkanes of at least 4 members (excludes halogenated alkanes) is 1. The van der Waals surface area contributed by atoms with Crippen molar-refractivity contribution in [2.45, 2.75) is 81.3 Å². The molecule has 3 aliphatic heterocycles. The Morgan fingerprint density at radius 1 is 1.22 bits per heavy atom. The third-order valence-electron chi connectivity index (χ3n) is 5.98. The number of hydrogen-bond donors (Lipinski definition) is 4. The number of nitrogens with one attached hydrogen (secondary N) is 3. The molecule has 11 nitrogen and oxygen atoms in total. The normalized spacial score (nSPS) is 26.5. The minimum atomic E-state index is -1.62. The Labute approximate surface area is 189 Å². The third-order valence-corrected chi connectivity index (χ3v) is 7.49. The molecule has 0 bridgehead atoms. The second-order valence-electron chi connectivity index (χ2n) is 8.28. The summed E-state index contributed by atoms with van der Waals surface area (Å²) in [6.07, 6.45) is 2.47. The number of fused-ring (bicyclic) bond motifs is 1. The van der Waals surface area contributed by atoms with Gasteiger partial charge in [-0.25, -0.2) is 9.59 Å². The first-order chi connectivity index (χ1) is 15.2. The highest BCUT2D eigenvalue weighted by molar-refractivity contribution is 8.00. The standard InChI is InChI=1S/C20H28N4O7S/c1-2-5-10(17(19(29)30)24-15(27)8-12(25)18(24)28)21-14(26)7-4-3-6-13-16-11(9-32-13)22-20(31)23-16/h10-11,13,16-17H,2-9H2,1H3,(H,21,26)(H,29,30)(H2,22,23,31)/t10?,11-,13-,16-,17?/m0/s1. The highest BCUT2D eigenvalue weighted by Gasteiger charge is 2.47. The maximum Gasteiger partial charge on any atom is 0.329 e. The van der Waals surface area contributed by atoms with Gasteiger partial charge in [0.05, 0.1) is 24.5 Å². The molecule has 0 aliphatic carbocycles. The molecule has 3 heterocycles. The summed E-state index contributed by atoms with van der Waals surface area (Å²) < 4.78 is 0. The number of nitrogens with zero attached hydrogens (tertiary/aromatic N) is 1. The van der Waals surface area contributed by atoms with Gasteiger partial charge < -0.3 is 21.1 Å². The van der Waals surface area contributed by atoms with Gasteiger partial charge in [-0.15, -0.1) is 0 Å². The zero-order valence-electron chi connectivity index (χ0n) is 17.8. The summed E-state index contributed by atoms with van der Waals surface area (Å²) in [7, 11) is 0. The number of ketones is 1. The second kappa shape index (κ2) is 10.3. The molecule has 5 atom stereocenters. The Hall–Kier alpha value is -2.63. The van der Waals surface area contributed by atoms with E-state index in [1.165, 1.54) is 0 Å². The van der Waals surface area contributed by atoms with E-state index in [2.05, 4.69) is 16.0 Å². The molecular weight excluding hydrogens is 440 g/mol. The van der Waals surface area contributed by atoms with Crippen molar-refractivity contribution < 1.29 is 33.9 Å². The summed E-state index contributed by atoms with van der Waals surface area (Å²) in [5.41, 5.74) is 0. The van der Waals surface area contributed by atoms with Crippen molar-refractivity contribution in [2.75, 3.05) is 5.75 Å². The molecule has 4 N–H and O–H groups in total. The lowest BCUT2D eigenvalue weighted by molar-refractivity contribution is -0.157. The molecule has 32 heavy (non-hydrogen) atoms. The van der Waals surface area contributed by atoms with Gasteiger partial charge in [-0.05, 0) is 19.3 Å². The van der Waals surface area contributed by atoms with Crippen LogP contribution in [-0.2, 0) is 24.0 Å². The molecule has 3 rings (SSSR count). The first kappa shape index (κ1) is 24.0. The predicted octanol–water partition coefficient (Wildman–Crippen LogP) is -0.222. The maximum atomic E-state index is 12.5. The van der Waals surface area contributed by atoms with Crippen LogP contribution in [0.4, 0.5) is 4.79 Å². The number of Topliss-reactive ketones (excluding diaryl/α,β-unsaturated/α-hetero) is 1. The highest BCUT2D eigenvalue weighted by Crippen LogP contribution is 2.33. The number of carbonyl (C=O) groups excluding carboxylic acids is 5. The molecule has 3 fully saturated rings. The molecule has 0 aromatic rings. The van der Waals surface area contributed by atoms with Crippen molar-refractivity contribution in [1.82, 2.24) is 20.9 Å². The Bertz CT molecular complexity index is 820. The van der Waals surface area contributed by atoms with Gasteiger partial charge in [-0.3, -0.25) is 24.1 Å². The minimum absolute atomic E-state index is 0.102. The van der Waals surface area contributed by atoms with E-state index in [1.807, 2.05) is 0 Å². The van der Waals surface area contributed by atoms with Crippen molar-refractivity contribution in [1.29, 1.82) is 0 Å². The van der Waals surface area contributed by atoms with E-state index in [9.17, 15) is 33.9 Å². The van der Waals surface area contributed by atoms with Gasteiger partial charge in [0.1, 0.15) is 0 Å². The van der Waals surface area contributed by atoms with Crippen molar-refractivity contribution in [3.63, 3.8) is 0 Å². The average molecular weight is 469 g/mol. The van der Waals surface area contributed by atoms with E-state index in [0.717, 1.165) is 18.6 Å². The van der Waals surface area contributed by atoms with Crippen LogP contribution < -0.4 is 16.0 Å². The molecule has 0 spiro atoms. The summed E-state index contributed by atoms with van der Waals surface area (Å²) in [6, 6.07) is -2.49. The van der Waals surface area contributed by atoms with E-state index >= 15 is 0 Å². The van der Waals surface area contributed by atoms with Crippen LogP contribution in [0.3, 0.4) is 0 Å². The maximum absolute atomic E-state index is 12.5. The number of carboxylic acid groups (broad SMARTS) is 1. The topological polar surface area (TPSA) is 162 Å². The van der Waals surface area contributed by atoms with E-state index in [1.54, 1.807) is 18.7 Å². The Morgan fingerprint density at radius 2 is 1.97 bits per heavy atom. The molecule has 5 amide bonds. The van der Waals surface area contributed by atoms with E-state index in [0.29, 0.717) is 17.7 Å². The lowest BCUT2D eigenvalue weighted by Crippen LogP contribution is -2.57. The molecule has 0 saturated carbocycles. The Morgan fingerprint density at radius 3 is 2.59 bits per heavy atom. The molecule has 0 aromatic carbocycles. The van der Waals surface area contributed by atoms with Crippen molar-refractivity contribution in [3.8, 4) is 0 Å². The number of thioether (sulfide) groups is 1. The number of carbonyl (C=O) groups is 6. The summed E-state index contributed by atoms with van der Waals surface area (Å²) >= 11 is 1.79. The van der Waals surface area contributed by atoms with Gasteiger partial charge >= 0.3 is 12.0 Å². The zero-order chi connectivity index (χ0) is 23.4. The number of hydrogen-bond acceptors (Lipinski definition) is 7. The van der Waals surface area contributed by atoms with Crippen LogP contribution in [0.1, 0.15) is 51.9 Å². The van der Waals surface area contributed by atoms with E-state index in [4.69, 9.17) is 0 Å². The van der Waals surface area contributed by atoms with Crippen LogP contribution >= 0.6 is 11.8 Å². The molecule has 0 aromatic heterocycles. The monoisotopic (exact) mass is 468 g/mol. The first-order valence-electron chi connectivity index (χ1n) is 10.8. The third kappa shape index (κ3) is 5.22. The van der Waals surface area contributed by atoms with Crippen LogP contribution in [0.15, 0.2) is 0 Å². The predicted molar refractivity (Wildman–Crippen MR) is 114 cm³/mol. The summed E-state index contributed by atoms with van der Waals surface area (Å²) in [5, 5.41) is 18.4. The van der Waals surface area contributed by atoms with Gasteiger partial charge in [-0.2, -0.15) is 11.8 Å². The van der Waals surface area contributed by atoms with Gasteiger partial charge in [0.15, 0.2) is 6.04 Å². The van der Waals surface area contributed by atoms with Gasteiger partial charge in [0.25, 0.3) is 5.91 Å². The van der Waals surface area contributed by atoms with Crippen LogP contribution in [0, 0.1) is 0 Å². The number of rotatable bonds is 11. The van der Waals surface area contributed by atoms with Gasteiger partial charge in [0.2, 0.25) is 17.6 Å². The zero-order valence-corrected chi connectivity index (χ0v) is 18.6. The van der Waals surface area contributed by atoms with Crippen molar-refractivity contribution >= 4 is 47.3 Å². The lowest BCUT2D eigenvalue weighted by Gasteiger charge is -2.30. The molecule has 0 radical (unpaired) electrons. The highest BCUT2D eigenvalue weighted by atomic mass is 32.2. The van der Waals surface area contributed by atoms with Gasteiger partial charge in [-0.1, -0.05) is 19.8 Å². The Balaban J connectivity index is 1.51. The largest absolute Gasteiger partial charge is 0.480 e. The number of urea groups is 1. The molecule has 12 heteroatoms. The molecule has 176 valence electrons. The number of aliphatic carboxylic acids is 1. The number of likely N-dealkylation sites (tertiary alicyclic amines) is 1. The molecular formula is C20H28N4O7S. The number of carboxylic acids is 1. The molecule has 3 aliphatic rings. The van der Waals surface area contributed by atoms with Crippen LogP contribution in [0.5, 0.6) is 0 Å². The minimum Gasteiger partial charge on any atom is -0.480 e. The SMILES string of the molecule is CCCC(NC(=O)CCCC[C@@H]1SC[C@@H]2NC(=O)N[C@@H]21)C(C(=O)O)N1C(=O)CC(=O)C1=O. The fourth-order valence-corrected chi connectivity index (χ4v) is 6.01. The molecule has 3 saturated heterocycles. The van der Waals surface area contributed by atoms with Crippen LogP contribution in [-0.4, -0.2) is 80.7 Å². The summed E-state index contributed by atoms with van der Waals surface area (Å²) in [4.78, 5) is 71.9. The molecule has 2 unspecified atom stereocenters. The fraction of sp³-hybridized carbons (Fsp3) is 0.700.